The van der Waals surface area contributed by atoms with Crippen LogP contribution in [0, 0.1) is 0 Å². The highest BCUT2D eigenvalue weighted by Gasteiger charge is 2.21. The zero-order valence-corrected chi connectivity index (χ0v) is 12.7. The highest BCUT2D eigenvalue weighted by molar-refractivity contribution is 5.74. The minimum atomic E-state index is -0.462. The third kappa shape index (κ3) is 3.87. The average molecular weight is 318 g/mol. The van der Waals surface area contributed by atoms with Gasteiger partial charge < -0.3 is 15.4 Å². The van der Waals surface area contributed by atoms with Crippen LogP contribution in [0.4, 0.5) is 9.18 Å². The molecule has 23 heavy (non-hydrogen) atoms. The molecule has 0 aliphatic carbocycles. The molecule has 122 valence electrons. The topological polar surface area (TPSA) is 68.2 Å². The van der Waals surface area contributed by atoms with Gasteiger partial charge in [0.25, 0.3) is 0 Å². The lowest BCUT2D eigenvalue weighted by molar-refractivity contribution is 0.0843. The van der Waals surface area contributed by atoms with Crippen molar-refractivity contribution in [2.75, 3.05) is 13.3 Å². The predicted octanol–water partition coefficient (Wildman–Crippen LogP) is 1.92. The number of alkyl halides is 1. The van der Waals surface area contributed by atoms with Crippen molar-refractivity contribution in [1.29, 1.82) is 0 Å². The van der Waals surface area contributed by atoms with E-state index in [2.05, 4.69) is 15.7 Å². The Morgan fingerprint density at radius 1 is 1.43 bits per heavy atom. The number of urea groups is 1. The summed E-state index contributed by atoms with van der Waals surface area (Å²) in [5.74, 6) is 0. The second-order valence-electron chi connectivity index (χ2n) is 5.39. The van der Waals surface area contributed by atoms with E-state index in [-0.39, 0.29) is 18.6 Å². The Labute approximate surface area is 133 Å². The van der Waals surface area contributed by atoms with Gasteiger partial charge in [-0.3, -0.25) is 4.68 Å². The number of nitrogens with one attached hydrogen (secondary N) is 2. The molecule has 0 saturated carbocycles. The number of hydrogen-bond donors (Lipinski definition) is 2. The normalized spacial score (nSPS) is 16.7. The molecule has 3 rings (SSSR count). The standard InChI is InChI=1S/C16H19FN4O2/c17-5-6-21-9-12(8-19-21)7-18-16(22)20-15-11-23-10-13-3-1-2-4-14(13)15/h1-4,8-9,15H,5-7,10-11H2,(H2,18,20,22). The fraction of sp³-hybridized carbons (Fsp3) is 0.375. The van der Waals surface area contributed by atoms with Gasteiger partial charge in [0.05, 0.1) is 32.0 Å². The number of aryl methyl sites for hydroxylation is 1. The first-order valence-corrected chi connectivity index (χ1v) is 7.53. The zero-order valence-electron chi connectivity index (χ0n) is 12.7. The van der Waals surface area contributed by atoms with E-state index in [1.165, 1.54) is 4.68 Å². The summed E-state index contributed by atoms with van der Waals surface area (Å²) in [5, 5.41) is 9.71. The van der Waals surface area contributed by atoms with E-state index >= 15 is 0 Å². The molecule has 6 nitrogen and oxygen atoms in total. The Bertz CT molecular complexity index is 674. The van der Waals surface area contributed by atoms with Crippen molar-refractivity contribution in [3.8, 4) is 0 Å². The molecule has 7 heteroatoms. The number of fused-ring (bicyclic) bond motifs is 1. The summed E-state index contributed by atoms with van der Waals surface area (Å²) >= 11 is 0. The number of carbonyl (C=O) groups is 1. The minimum absolute atomic E-state index is 0.158. The first kappa shape index (κ1) is 15.5. The molecule has 0 spiro atoms. The van der Waals surface area contributed by atoms with Crippen LogP contribution in [0.25, 0.3) is 0 Å². The van der Waals surface area contributed by atoms with E-state index in [1.807, 2.05) is 24.3 Å². The lowest BCUT2D eigenvalue weighted by atomic mass is 9.99. The highest BCUT2D eigenvalue weighted by atomic mass is 19.1. The van der Waals surface area contributed by atoms with E-state index in [0.717, 1.165) is 16.7 Å². The third-order valence-corrected chi connectivity index (χ3v) is 3.73. The van der Waals surface area contributed by atoms with E-state index in [9.17, 15) is 9.18 Å². The van der Waals surface area contributed by atoms with Crippen molar-refractivity contribution in [2.45, 2.75) is 25.7 Å². The second kappa shape index (κ2) is 7.23. The van der Waals surface area contributed by atoms with Gasteiger partial charge in [-0.1, -0.05) is 24.3 Å². The van der Waals surface area contributed by atoms with Crippen molar-refractivity contribution >= 4 is 6.03 Å². The lowest BCUT2D eigenvalue weighted by Crippen LogP contribution is -2.40. The fourth-order valence-corrected chi connectivity index (χ4v) is 2.60. The van der Waals surface area contributed by atoms with Crippen molar-refractivity contribution in [3.63, 3.8) is 0 Å². The average Bonchev–Trinajstić information content (AvgIpc) is 3.01. The molecule has 2 N–H and O–H groups in total. The monoisotopic (exact) mass is 318 g/mol. The molecule has 1 aromatic heterocycles. The summed E-state index contributed by atoms with van der Waals surface area (Å²) in [6.07, 6.45) is 3.34. The smallest absolute Gasteiger partial charge is 0.315 e. The molecule has 2 amide bonds. The Balaban J connectivity index is 1.53. The second-order valence-corrected chi connectivity index (χ2v) is 5.39. The van der Waals surface area contributed by atoms with Gasteiger partial charge in [0.1, 0.15) is 6.67 Å². The van der Waals surface area contributed by atoms with Crippen LogP contribution in [0.1, 0.15) is 22.7 Å². The fourth-order valence-electron chi connectivity index (χ4n) is 2.60. The Morgan fingerprint density at radius 2 is 2.30 bits per heavy atom. The number of benzene rings is 1. The molecule has 0 radical (unpaired) electrons. The quantitative estimate of drug-likeness (QED) is 0.885. The molecule has 0 bridgehead atoms. The van der Waals surface area contributed by atoms with Gasteiger partial charge in [0.15, 0.2) is 0 Å². The summed E-state index contributed by atoms with van der Waals surface area (Å²) < 4.78 is 19.3. The zero-order chi connectivity index (χ0) is 16.1. The number of nitrogens with zero attached hydrogens (tertiary/aromatic N) is 2. The molecule has 1 atom stereocenters. The van der Waals surface area contributed by atoms with Gasteiger partial charge in [-0.05, 0) is 11.1 Å². The lowest BCUT2D eigenvalue weighted by Gasteiger charge is -2.26. The van der Waals surface area contributed by atoms with Crippen LogP contribution in [0.5, 0.6) is 0 Å². The number of halogens is 1. The summed E-state index contributed by atoms with van der Waals surface area (Å²) in [6.45, 7) is 1.13. The van der Waals surface area contributed by atoms with Crippen LogP contribution >= 0.6 is 0 Å². The first-order chi connectivity index (χ1) is 11.3. The summed E-state index contributed by atoms with van der Waals surface area (Å²) in [7, 11) is 0. The molecule has 1 unspecified atom stereocenters. The minimum Gasteiger partial charge on any atom is -0.374 e. The maximum atomic E-state index is 12.2. The molecule has 1 aromatic carbocycles. The van der Waals surface area contributed by atoms with Gasteiger partial charge in [0.2, 0.25) is 0 Å². The maximum Gasteiger partial charge on any atom is 0.315 e. The maximum absolute atomic E-state index is 12.2. The molecule has 1 aliphatic heterocycles. The van der Waals surface area contributed by atoms with Crippen molar-refractivity contribution < 1.29 is 13.9 Å². The molecular formula is C16H19FN4O2. The Hall–Kier alpha value is -2.41. The van der Waals surface area contributed by atoms with Gasteiger partial charge in [-0.25, -0.2) is 9.18 Å². The van der Waals surface area contributed by atoms with Crippen LogP contribution < -0.4 is 10.6 Å². The van der Waals surface area contributed by atoms with Gasteiger partial charge in [0, 0.05) is 18.3 Å². The van der Waals surface area contributed by atoms with E-state index in [1.54, 1.807) is 12.4 Å². The summed E-state index contributed by atoms with van der Waals surface area (Å²) in [5.41, 5.74) is 3.01. The predicted molar refractivity (Wildman–Crippen MR) is 82.4 cm³/mol. The number of carbonyl (C=O) groups excluding carboxylic acids is 1. The highest BCUT2D eigenvalue weighted by Crippen LogP contribution is 2.24. The summed E-state index contributed by atoms with van der Waals surface area (Å²) in [6, 6.07) is 7.49. The number of rotatable bonds is 5. The van der Waals surface area contributed by atoms with Gasteiger partial charge >= 0.3 is 6.03 Å². The molecule has 0 saturated heterocycles. The van der Waals surface area contributed by atoms with Crippen LogP contribution in [0.15, 0.2) is 36.7 Å². The number of aromatic nitrogens is 2. The number of hydrogen-bond acceptors (Lipinski definition) is 3. The molecule has 1 aliphatic rings. The molecule has 2 aromatic rings. The molecule has 0 fully saturated rings. The van der Waals surface area contributed by atoms with Gasteiger partial charge in [-0.15, -0.1) is 0 Å². The number of ether oxygens (including phenoxy) is 1. The SMILES string of the molecule is O=C(NCc1cnn(CCF)c1)NC1COCc2ccccc21. The Morgan fingerprint density at radius 3 is 3.17 bits per heavy atom. The van der Waals surface area contributed by atoms with Crippen LogP contribution in [0.2, 0.25) is 0 Å². The van der Waals surface area contributed by atoms with Crippen LogP contribution in [-0.4, -0.2) is 29.1 Å². The number of amides is 2. The van der Waals surface area contributed by atoms with Crippen molar-refractivity contribution in [1.82, 2.24) is 20.4 Å². The van der Waals surface area contributed by atoms with E-state index in [4.69, 9.17) is 4.74 Å². The van der Waals surface area contributed by atoms with Crippen LogP contribution in [-0.2, 0) is 24.4 Å². The Kier molecular flexibility index (Phi) is 4.87. The van der Waals surface area contributed by atoms with E-state index in [0.29, 0.717) is 19.8 Å². The summed E-state index contributed by atoms with van der Waals surface area (Å²) in [4.78, 5) is 12.1. The molecule has 2 heterocycles. The largest absolute Gasteiger partial charge is 0.374 e. The first-order valence-electron chi connectivity index (χ1n) is 7.53. The van der Waals surface area contributed by atoms with E-state index < -0.39 is 6.67 Å². The van der Waals surface area contributed by atoms with Crippen molar-refractivity contribution in [3.05, 3.63) is 53.3 Å². The van der Waals surface area contributed by atoms with Crippen molar-refractivity contribution in [2.24, 2.45) is 0 Å². The van der Waals surface area contributed by atoms with Gasteiger partial charge in [-0.2, -0.15) is 5.10 Å². The van der Waals surface area contributed by atoms with Crippen LogP contribution in [0.3, 0.4) is 0 Å². The third-order valence-electron chi connectivity index (χ3n) is 3.73. The molecular weight excluding hydrogens is 299 g/mol.